The average Bonchev–Trinajstić information content (AvgIpc) is 2.19. The van der Waals surface area contributed by atoms with Crippen LogP contribution in [0.3, 0.4) is 0 Å². The molecule has 1 aliphatic heterocycles. The van der Waals surface area contributed by atoms with Gasteiger partial charge >= 0.3 is 0 Å². The highest BCUT2D eigenvalue weighted by molar-refractivity contribution is 5.78. The third kappa shape index (κ3) is 3.74. The second kappa shape index (κ2) is 5.94. The zero-order valence-electron chi connectivity index (χ0n) is 8.21. The molecule has 4 nitrogen and oxygen atoms in total. The summed E-state index contributed by atoms with van der Waals surface area (Å²) in [5, 5.41) is 3.10. The van der Waals surface area contributed by atoms with Crippen molar-refractivity contribution in [3.05, 3.63) is 0 Å². The Labute approximate surface area is 80.7 Å². The van der Waals surface area contributed by atoms with E-state index in [2.05, 4.69) is 12.2 Å². The van der Waals surface area contributed by atoms with Crippen LogP contribution in [0, 0.1) is 0 Å². The zero-order chi connectivity index (χ0) is 9.52. The first kappa shape index (κ1) is 10.5. The van der Waals surface area contributed by atoms with Gasteiger partial charge in [-0.15, -0.1) is 0 Å². The summed E-state index contributed by atoms with van der Waals surface area (Å²) >= 11 is 0. The first-order valence-electron chi connectivity index (χ1n) is 4.91. The van der Waals surface area contributed by atoms with Gasteiger partial charge in [0.2, 0.25) is 5.91 Å². The predicted molar refractivity (Wildman–Crippen MR) is 52.7 cm³/mol. The van der Waals surface area contributed by atoms with Crippen molar-refractivity contribution in [2.24, 2.45) is 0 Å². The van der Waals surface area contributed by atoms with Gasteiger partial charge in [-0.2, -0.15) is 0 Å². The highest BCUT2D eigenvalue weighted by atomic mass is 16.5. The van der Waals surface area contributed by atoms with E-state index in [-0.39, 0.29) is 7.33 Å². The smallest absolute Gasteiger partial charge is 0.236 e. The number of amides is 1. The minimum Gasteiger partial charge on any atom is -0.378 e. The monoisotopic (exact) mass is 188 g/mol. The number of carbonyl (C=O) groups excluding carboxylic acids is 1. The molecule has 13 heavy (non-hydrogen) atoms. The van der Waals surface area contributed by atoms with Gasteiger partial charge in [-0.25, -0.2) is 0 Å². The van der Waals surface area contributed by atoms with Gasteiger partial charge < -0.3 is 15.0 Å². The van der Waals surface area contributed by atoms with Crippen molar-refractivity contribution < 1.29 is 11.0 Å². The summed E-state index contributed by atoms with van der Waals surface area (Å²) in [6.07, 6.45) is 1.07. The van der Waals surface area contributed by atoms with E-state index in [1.807, 2.05) is 4.90 Å². The fourth-order valence-electron chi connectivity index (χ4n) is 1.30. The van der Waals surface area contributed by atoms with Crippen molar-refractivity contribution in [1.82, 2.24) is 10.2 Å². The SMILES string of the molecule is CCCNCC(=O)N1CCOCC1.[HH]. The normalized spacial score (nSPS) is 17.5. The van der Waals surface area contributed by atoms with Crippen LogP contribution < -0.4 is 5.32 Å². The molecule has 1 rings (SSSR count). The summed E-state index contributed by atoms with van der Waals surface area (Å²) < 4.78 is 5.16. The second-order valence-electron chi connectivity index (χ2n) is 3.17. The van der Waals surface area contributed by atoms with Crippen molar-refractivity contribution in [2.45, 2.75) is 13.3 Å². The topological polar surface area (TPSA) is 41.6 Å². The minimum absolute atomic E-state index is 0. The van der Waals surface area contributed by atoms with E-state index in [9.17, 15) is 4.79 Å². The molecule has 0 radical (unpaired) electrons. The van der Waals surface area contributed by atoms with Crippen molar-refractivity contribution in [1.29, 1.82) is 0 Å². The van der Waals surface area contributed by atoms with Gasteiger partial charge in [0.25, 0.3) is 0 Å². The Morgan fingerprint density at radius 2 is 2.23 bits per heavy atom. The molecule has 0 aromatic heterocycles. The molecular formula is C9H20N2O2. The largest absolute Gasteiger partial charge is 0.378 e. The maximum Gasteiger partial charge on any atom is 0.236 e. The quantitative estimate of drug-likeness (QED) is 0.636. The Balaban J connectivity index is 0.00000169. The summed E-state index contributed by atoms with van der Waals surface area (Å²) in [5.41, 5.74) is 0. The van der Waals surface area contributed by atoms with Crippen molar-refractivity contribution in [3.8, 4) is 0 Å². The van der Waals surface area contributed by atoms with E-state index >= 15 is 0 Å². The number of nitrogens with zero attached hydrogens (tertiary/aromatic N) is 1. The molecule has 1 aliphatic rings. The Morgan fingerprint density at radius 1 is 1.54 bits per heavy atom. The number of carbonyl (C=O) groups is 1. The minimum atomic E-state index is 0. The highest BCUT2D eigenvalue weighted by Crippen LogP contribution is 1.96. The van der Waals surface area contributed by atoms with E-state index in [0.29, 0.717) is 19.8 Å². The molecule has 1 saturated heterocycles. The molecule has 1 N–H and O–H groups in total. The maximum atomic E-state index is 11.5. The zero-order valence-corrected chi connectivity index (χ0v) is 8.21. The summed E-state index contributed by atoms with van der Waals surface area (Å²) in [5.74, 6) is 0.191. The first-order chi connectivity index (χ1) is 6.34. The lowest BCUT2D eigenvalue weighted by Crippen LogP contribution is -2.44. The molecule has 0 bridgehead atoms. The lowest BCUT2D eigenvalue weighted by Gasteiger charge is -2.26. The molecule has 0 aromatic carbocycles. The highest BCUT2D eigenvalue weighted by Gasteiger charge is 2.15. The summed E-state index contributed by atoms with van der Waals surface area (Å²) in [4.78, 5) is 13.3. The molecule has 0 unspecified atom stereocenters. The second-order valence-corrected chi connectivity index (χ2v) is 3.17. The molecule has 78 valence electrons. The lowest BCUT2D eigenvalue weighted by atomic mass is 10.4. The van der Waals surface area contributed by atoms with E-state index in [1.54, 1.807) is 0 Å². The van der Waals surface area contributed by atoms with E-state index in [0.717, 1.165) is 26.1 Å². The Hall–Kier alpha value is -0.610. The fourth-order valence-corrected chi connectivity index (χ4v) is 1.30. The molecule has 1 heterocycles. The van der Waals surface area contributed by atoms with Crippen LogP contribution in [0.25, 0.3) is 0 Å². The van der Waals surface area contributed by atoms with E-state index in [1.165, 1.54) is 0 Å². The number of morpholine rings is 1. The lowest BCUT2D eigenvalue weighted by molar-refractivity contribution is -0.134. The number of nitrogens with one attached hydrogen (secondary N) is 1. The number of ether oxygens (including phenoxy) is 1. The van der Waals surface area contributed by atoms with Crippen LogP contribution in [0.5, 0.6) is 0 Å². The Kier molecular flexibility index (Phi) is 4.78. The fraction of sp³-hybridized carbons (Fsp3) is 0.889. The Morgan fingerprint density at radius 3 is 2.85 bits per heavy atom. The van der Waals surface area contributed by atoms with Crippen LogP contribution in [0.15, 0.2) is 0 Å². The van der Waals surface area contributed by atoms with Gasteiger partial charge in [0, 0.05) is 14.5 Å². The summed E-state index contributed by atoms with van der Waals surface area (Å²) in [6, 6.07) is 0. The van der Waals surface area contributed by atoms with Gasteiger partial charge in [0.05, 0.1) is 19.8 Å². The number of rotatable bonds is 4. The molecule has 1 amide bonds. The van der Waals surface area contributed by atoms with Crippen LogP contribution in [-0.2, 0) is 9.53 Å². The molecule has 0 aliphatic carbocycles. The maximum absolute atomic E-state index is 11.5. The molecule has 0 aromatic rings. The van der Waals surface area contributed by atoms with Crippen LogP contribution >= 0.6 is 0 Å². The summed E-state index contributed by atoms with van der Waals surface area (Å²) in [7, 11) is 0. The molecular weight excluding hydrogens is 168 g/mol. The predicted octanol–water partition coefficient (Wildman–Crippen LogP) is 0.0908. The van der Waals surface area contributed by atoms with Crippen LogP contribution in [0.2, 0.25) is 0 Å². The van der Waals surface area contributed by atoms with Gasteiger partial charge in [-0.1, -0.05) is 6.92 Å². The number of hydrogen-bond acceptors (Lipinski definition) is 3. The third-order valence-corrected chi connectivity index (χ3v) is 2.07. The van der Waals surface area contributed by atoms with Crippen molar-refractivity contribution >= 4 is 5.91 Å². The van der Waals surface area contributed by atoms with Crippen LogP contribution in [0.1, 0.15) is 14.8 Å². The van der Waals surface area contributed by atoms with Crippen LogP contribution in [0.4, 0.5) is 0 Å². The number of hydrogen-bond donors (Lipinski definition) is 1. The average molecular weight is 188 g/mol. The van der Waals surface area contributed by atoms with Gasteiger partial charge in [0.15, 0.2) is 0 Å². The Bertz CT molecular complexity index is 161. The van der Waals surface area contributed by atoms with Crippen LogP contribution in [-0.4, -0.2) is 50.2 Å². The summed E-state index contributed by atoms with van der Waals surface area (Å²) in [6.45, 7) is 6.31. The molecule has 0 atom stereocenters. The molecule has 0 saturated carbocycles. The van der Waals surface area contributed by atoms with Gasteiger partial charge in [-0.3, -0.25) is 4.79 Å². The standard InChI is InChI=1S/C9H18N2O2.H2/c1-2-3-10-8-9(12)11-4-6-13-7-5-11;/h10H,2-8H2,1H3;1H. The molecule has 4 heteroatoms. The third-order valence-electron chi connectivity index (χ3n) is 2.07. The van der Waals surface area contributed by atoms with Gasteiger partial charge in [-0.05, 0) is 13.0 Å². The van der Waals surface area contributed by atoms with Gasteiger partial charge in [0.1, 0.15) is 0 Å². The molecule has 0 spiro atoms. The first-order valence-corrected chi connectivity index (χ1v) is 4.91. The van der Waals surface area contributed by atoms with E-state index < -0.39 is 0 Å². The van der Waals surface area contributed by atoms with Crippen molar-refractivity contribution in [2.75, 3.05) is 39.4 Å². The molecule has 1 fully saturated rings. The van der Waals surface area contributed by atoms with Crippen molar-refractivity contribution in [3.63, 3.8) is 0 Å². The van der Waals surface area contributed by atoms with E-state index in [4.69, 9.17) is 4.74 Å².